The van der Waals surface area contributed by atoms with Crippen molar-refractivity contribution < 1.29 is 4.79 Å². The number of rotatable bonds is 9. The number of Topliss-reactive ketones (excluding diaryl/α,β-unsaturated/α-hetero) is 1. The summed E-state index contributed by atoms with van der Waals surface area (Å²) in [6.45, 7) is 4.34. The van der Waals surface area contributed by atoms with Gasteiger partial charge in [-0.15, -0.1) is 0 Å². The molecule has 104 valence electrons. The summed E-state index contributed by atoms with van der Waals surface area (Å²) in [5, 5.41) is 0. The minimum atomic E-state index is 0.240. The van der Waals surface area contributed by atoms with Crippen LogP contribution in [0.4, 0.5) is 0 Å². The second-order valence-corrected chi connectivity index (χ2v) is 5.25. The van der Waals surface area contributed by atoms with Gasteiger partial charge in [0.25, 0.3) is 0 Å². The van der Waals surface area contributed by atoms with Gasteiger partial charge in [0.15, 0.2) is 5.78 Å². The maximum atomic E-state index is 12.0. The Morgan fingerprint density at radius 3 is 2.58 bits per heavy atom. The molecule has 1 aromatic carbocycles. The molecule has 0 fully saturated rings. The van der Waals surface area contributed by atoms with Crippen LogP contribution < -0.4 is 0 Å². The van der Waals surface area contributed by atoms with E-state index < -0.39 is 0 Å². The van der Waals surface area contributed by atoms with Crippen LogP contribution in [0.3, 0.4) is 0 Å². The molecule has 0 aliphatic carbocycles. The van der Waals surface area contributed by atoms with Crippen LogP contribution in [0.1, 0.15) is 62.7 Å². The maximum Gasteiger partial charge on any atom is 0.163 e. The first-order valence-corrected chi connectivity index (χ1v) is 7.49. The highest BCUT2D eigenvalue weighted by molar-refractivity contribution is 5.96. The summed E-state index contributed by atoms with van der Waals surface area (Å²) < 4.78 is 0. The summed E-state index contributed by atoms with van der Waals surface area (Å²) in [5.41, 5.74) is 0.825. The zero-order valence-electron chi connectivity index (χ0n) is 12.3. The van der Waals surface area contributed by atoms with Gasteiger partial charge < -0.3 is 0 Å². The Morgan fingerprint density at radius 2 is 1.89 bits per heavy atom. The van der Waals surface area contributed by atoms with Gasteiger partial charge in [-0.2, -0.15) is 0 Å². The van der Waals surface area contributed by atoms with E-state index in [1.54, 1.807) is 0 Å². The number of carbonyl (C=O) groups is 1. The molecule has 0 heterocycles. The number of unbranched alkanes of at least 4 members (excludes halogenated alkanes) is 4. The van der Waals surface area contributed by atoms with E-state index in [1.807, 2.05) is 30.3 Å². The normalized spacial score (nSPS) is 12.7. The Bertz CT molecular complexity index is 378. The van der Waals surface area contributed by atoms with Gasteiger partial charge in [-0.25, -0.2) is 0 Å². The van der Waals surface area contributed by atoms with Crippen molar-refractivity contribution in [2.24, 2.45) is 5.92 Å². The van der Waals surface area contributed by atoms with E-state index in [9.17, 15) is 4.79 Å². The van der Waals surface area contributed by atoms with Crippen LogP contribution in [0.5, 0.6) is 0 Å². The lowest BCUT2D eigenvalue weighted by Gasteiger charge is -2.05. The fourth-order valence-corrected chi connectivity index (χ4v) is 2.12. The molecule has 1 nitrogen and oxygen atoms in total. The molecule has 0 radical (unpaired) electrons. The summed E-state index contributed by atoms with van der Waals surface area (Å²) in [6.07, 6.45) is 11.4. The molecule has 1 atom stereocenters. The van der Waals surface area contributed by atoms with Crippen molar-refractivity contribution in [3.8, 4) is 0 Å². The largest absolute Gasteiger partial charge is 0.294 e. The second-order valence-electron chi connectivity index (χ2n) is 5.25. The molecule has 1 unspecified atom stereocenters. The highest BCUT2D eigenvalue weighted by Crippen LogP contribution is 2.12. The van der Waals surface area contributed by atoms with Crippen molar-refractivity contribution in [1.29, 1.82) is 0 Å². The van der Waals surface area contributed by atoms with Crippen LogP contribution in [0, 0.1) is 5.92 Å². The molecule has 19 heavy (non-hydrogen) atoms. The molecular formula is C18H26O. The molecule has 0 amide bonds. The summed E-state index contributed by atoms with van der Waals surface area (Å²) in [5.74, 6) is 0.572. The first-order valence-electron chi connectivity index (χ1n) is 7.49. The standard InChI is InChI=1S/C18H26O/c1-3-4-5-6-7-9-12-16(2)15-18(19)17-13-10-8-11-14-17/h8-14,16H,3-7,15H2,1-2H3/b12-9+. The Hall–Kier alpha value is -1.37. The van der Waals surface area contributed by atoms with Crippen molar-refractivity contribution in [2.75, 3.05) is 0 Å². The first kappa shape index (κ1) is 15.7. The Morgan fingerprint density at radius 1 is 1.16 bits per heavy atom. The molecule has 0 saturated carbocycles. The minimum absolute atomic E-state index is 0.240. The fraction of sp³-hybridized carbons (Fsp3) is 0.500. The highest BCUT2D eigenvalue weighted by Gasteiger charge is 2.08. The number of carbonyl (C=O) groups excluding carboxylic acids is 1. The third-order valence-electron chi connectivity index (χ3n) is 3.29. The van der Waals surface area contributed by atoms with Crippen LogP contribution in [0.25, 0.3) is 0 Å². The number of hydrogen-bond acceptors (Lipinski definition) is 1. The molecule has 0 aromatic heterocycles. The smallest absolute Gasteiger partial charge is 0.163 e. The highest BCUT2D eigenvalue weighted by atomic mass is 16.1. The number of benzene rings is 1. The van der Waals surface area contributed by atoms with Crippen LogP contribution >= 0.6 is 0 Å². The summed E-state index contributed by atoms with van der Waals surface area (Å²) >= 11 is 0. The lowest BCUT2D eigenvalue weighted by molar-refractivity contribution is 0.0972. The van der Waals surface area contributed by atoms with Gasteiger partial charge in [-0.1, -0.05) is 75.6 Å². The molecular weight excluding hydrogens is 232 g/mol. The van der Waals surface area contributed by atoms with Crippen LogP contribution in [-0.2, 0) is 0 Å². The van der Waals surface area contributed by atoms with Gasteiger partial charge in [-0.3, -0.25) is 4.79 Å². The number of hydrogen-bond donors (Lipinski definition) is 0. The molecule has 0 saturated heterocycles. The topological polar surface area (TPSA) is 17.1 Å². The number of ketones is 1. The van der Waals surface area contributed by atoms with Crippen molar-refractivity contribution in [2.45, 2.75) is 52.4 Å². The lowest BCUT2D eigenvalue weighted by Crippen LogP contribution is -2.03. The Balaban J connectivity index is 2.25. The van der Waals surface area contributed by atoms with E-state index in [-0.39, 0.29) is 5.78 Å². The van der Waals surface area contributed by atoms with Gasteiger partial charge in [0.2, 0.25) is 0 Å². The van der Waals surface area contributed by atoms with Crippen molar-refractivity contribution in [3.05, 3.63) is 48.0 Å². The maximum absolute atomic E-state index is 12.0. The van der Waals surface area contributed by atoms with E-state index in [0.29, 0.717) is 12.3 Å². The molecule has 0 spiro atoms. The third-order valence-corrected chi connectivity index (χ3v) is 3.29. The molecule has 1 rings (SSSR count). The molecule has 0 bridgehead atoms. The zero-order valence-corrected chi connectivity index (χ0v) is 12.3. The SMILES string of the molecule is CCCCCC/C=C/C(C)CC(=O)c1ccccc1. The number of allylic oxidation sites excluding steroid dienone is 2. The van der Waals surface area contributed by atoms with Crippen LogP contribution in [-0.4, -0.2) is 5.78 Å². The summed E-state index contributed by atoms with van der Waals surface area (Å²) in [6, 6.07) is 9.56. The molecule has 0 aliphatic rings. The Kier molecular flexibility index (Phi) is 7.88. The van der Waals surface area contributed by atoms with Gasteiger partial charge in [0.1, 0.15) is 0 Å². The fourth-order valence-electron chi connectivity index (χ4n) is 2.12. The van der Waals surface area contributed by atoms with Crippen LogP contribution in [0.15, 0.2) is 42.5 Å². The van der Waals surface area contributed by atoms with Crippen molar-refractivity contribution in [1.82, 2.24) is 0 Å². The molecule has 0 aliphatic heterocycles. The van der Waals surface area contributed by atoms with E-state index in [0.717, 1.165) is 12.0 Å². The van der Waals surface area contributed by atoms with Crippen molar-refractivity contribution >= 4 is 5.78 Å². The molecule has 1 aromatic rings. The van der Waals surface area contributed by atoms with Gasteiger partial charge in [0.05, 0.1) is 0 Å². The average Bonchev–Trinajstić information content (AvgIpc) is 2.43. The van der Waals surface area contributed by atoms with Gasteiger partial charge in [-0.05, 0) is 18.8 Å². The monoisotopic (exact) mass is 258 g/mol. The van der Waals surface area contributed by atoms with E-state index in [4.69, 9.17) is 0 Å². The van der Waals surface area contributed by atoms with E-state index in [1.165, 1.54) is 25.7 Å². The van der Waals surface area contributed by atoms with Crippen LogP contribution in [0.2, 0.25) is 0 Å². The van der Waals surface area contributed by atoms with E-state index >= 15 is 0 Å². The zero-order chi connectivity index (χ0) is 13.9. The summed E-state index contributed by atoms with van der Waals surface area (Å²) in [7, 11) is 0. The second kappa shape index (κ2) is 9.55. The molecule has 0 N–H and O–H groups in total. The molecule has 1 heteroatoms. The Labute approximate surface area is 117 Å². The van der Waals surface area contributed by atoms with Crippen molar-refractivity contribution in [3.63, 3.8) is 0 Å². The summed E-state index contributed by atoms with van der Waals surface area (Å²) in [4.78, 5) is 12.0. The predicted molar refractivity (Wildman–Crippen MR) is 82.5 cm³/mol. The van der Waals surface area contributed by atoms with Gasteiger partial charge >= 0.3 is 0 Å². The lowest BCUT2D eigenvalue weighted by atomic mass is 9.99. The quantitative estimate of drug-likeness (QED) is 0.328. The van der Waals surface area contributed by atoms with E-state index in [2.05, 4.69) is 26.0 Å². The predicted octanol–water partition coefficient (Wildman–Crippen LogP) is 5.42. The third kappa shape index (κ3) is 6.95. The minimum Gasteiger partial charge on any atom is -0.294 e. The first-order chi connectivity index (χ1) is 9.24. The van der Waals surface area contributed by atoms with Gasteiger partial charge in [0, 0.05) is 12.0 Å². The average molecular weight is 258 g/mol.